The summed E-state index contributed by atoms with van der Waals surface area (Å²) in [6.07, 6.45) is 11.7. The van der Waals surface area contributed by atoms with Crippen LogP contribution in [0.3, 0.4) is 0 Å². The van der Waals surface area contributed by atoms with Crippen molar-refractivity contribution in [2.45, 2.75) is 110 Å². The maximum Gasteiger partial charge on any atom is 0.175 e. The second-order valence-corrected chi connectivity index (χ2v) is 13.5. The van der Waals surface area contributed by atoms with Gasteiger partial charge in [0.25, 0.3) is 0 Å². The van der Waals surface area contributed by atoms with Gasteiger partial charge in [0.1, 0.15) is 0 Å². The lowest BCUT2D eigenvalue weighted by Crippen LogP contribution is -2.55. The Morgan fingerprint density at radius 1 is 0.906 bits per heavy atom. The first-order valence-corrected chi connectivity index (χ1v) is 13.7. The first-order valence-electron chi connectivity index (χ1n) is 13.7. The zero-order chi connectivity index (χ0) is 22.5. The van der Waals surface area contributed by atoms with E-state index in [2.05, 4.69) is 27.7 Å². The standard InChI is InChI=1S/C28H46O4/c1-17-8-13-27(31-16-17)18(2)24-26(4)12-10-22-21(23(26)15-28(24,30-5)32-27)7-6-19-14-20(29)9-11-25(19,22)3/h17-24,29H,6-16H2,1-5H3/t17-,18+,19-,20-,21+,22-,23-,24+,25-,26-,27-,28-/m0/s1. The summed E-state index contributed by atoms with van der Waals surface area (Å²) in [7, 11) is 1.89. The van der Waals surface area contributed by atoms with Gasteiger partial charge in [0.2, 0.25) is 0 Å². The van der Waals surface area contributed by atoms with E-state index < -0.39 is 11.6 Å². The van der Waals surface area contributed by atoms with Crippen LogP contribution >= 0.6 is 0 Å². The van der Waals surface area contributed by atoms with Crippen LogP contribution in [0.2, 0.25) is 0 Å². The molecule has 4 heteroatoms. The zero-order valence-electron chi connectivity index (χ0n) is 21.1. The second kappa shape index (κ2) is 7.18. The topological polar surface area (TPSA) is 47.9 Å². The Morgan fingerprint density at radius 3 is 2.41 bits per heavy atom. The van der Waals surface area contributed by atoms with Crippen molar-refractivity contribution in [2.75, 3.05) is 13.7 Å². The molecule has 2 aliphatic heterocycles. The fraction of sp³-hybridized carbons (Fsp3) is 1.00. The second-order valence-electron chi connectivity index (χ2n) is 13.5. The molecule has 2 saturated heterocycles. The van der Waals surface area contributed by atoms with Gasteiger partial charge in [-0.25, -0.2) is 0 Å². The lowest BCUT2D eigenvalue weighted by Gasteiger charge is -2.61. The van der Waals surface area contributed by atoms with Gasteiger partial charge in [-0.05, 0) is 91.8 Å². The Kier molecular flexibility index (Phi) is 5.01. The van der Waals surface area contributed by atoms with Crippen molar-refractivity contribution in [1.82, 2.24) is 0 Å². The summed E-state index contributed by atoms with van der Waals surface area (Å²) in [6.45, 7) is 10.7. The van der Waals surface area contributed by atoms with Crippen molar-refractivity contribution < 1.29 is 19.3 Å². The molecule has 12 atom stereocenters. The molecule has 2 heterocycles. The average molecular weight is 447 g/mol. The van der Waals surface area contributed by atoms with Gasteiger partial charge in [-0.15, -0.1) is 0 Å². The van der Waals surface area contributed by atoms with Crippen LogP contribution in [0.15, 0.2) is 0 Å². The number of aliphatic hydroxyl groups excluding tert-OH is 1. The van der Waals surface area contributed by atoms with Crippen molar-refractivity contribution in [3.8, 4) is 0 Å². The highest BCUT2D eigenvalue weighted by Crippen LogP contribution is 2.74. The molecule has 32 heavy (non-hydrogen) atoms. The molecule has 0 bridgehead atoms. The van der Waals surface area contributed by atoms with E-state index in [1.54, 1.807) is 0 Å². The molecule has 182 valence electrons. The highest BCUT2D eigenvalue weighted by molar-refractivity contribution is 5.18. The number of rotatable bonds is 1. The summed E-state index contributed by atoms with van der Waals surface area (Å²) in [5.74, 6) is 3.46. The lowest BCUT2D eigenvalue weighted by atomic mass is 9.44. The molecule has 0 aromatic rings. The van der Waals surface area contributed by atoms with Gasteiger partial charge in [-0.2, -0.15) is 0 Å². The highest BCUT2D eigenvalue weighted by Gasteiger charge is 2.75. The van der Waals surface area contributed by atoms with Crippen LogP contribution in [-0.2, 0) is 14.2 Å². The third kappa shape index (κ3) is 2.76. The molecule has 4 aliphatic carbocycles. The molecule has 1 spiro atoms. The predicted molar refractivity (Wildman–Crippen MR) is 124 cm³/mol. The van der Waals surface area contributed by atoms with Crippen molar-refractivity contribution in [1.29, 1.82) is 0 Å². The monoisotopic (exact) mass is 446 g/mol. The summed E-state index contributed by atoms with van der Waals surface area (Å²) in [5, 5.41) is 10.3. The van der Waals surface area contributed by atoms with Crippen LogP contribution in [0.1, 0.15) is 91.9 Å². The summed E-state index contributed by atoms with van der Waals surface area (Å²) in [5.41, 5.74) is 0.682. The fourth-order valence-corrected chi connectivity index (χ4v) is 10.6. The van der Waals surface area contributed by atoms with Crippen LogP contribution in [0.25, 0.3) is 0 Å². The first-order chi connectivity index (χ1) is 15.2. The Morgan fingerprint density at radius 2 is 1.69 bits per heavy atom. The SMILES string of the molecule is CO[C@]12C[C@H]3[C@@H]4CC[C@H]5C[C@@H](O)CC[C@]5(C)[C@H]4CC[C@]3(C)[C@H]1[C@@H](C)[C@]1(CC[C@H](C)CO1)O2. The molecular formula is C28H46O4. The fourth-order valence-electron chi connectivity index (χ4n) is 10.6. The molecule has 4 nitrogen and oxygen atoms in total. The average Bonchev–Trinajstić information content (AvgIpc) is 3.17. The van der Waals surface area contributed by atoms with Crippen LogP contribution < -0.4 is 0 Å². The quantitative estimate of drug-likeness (QED) is 0.556. The molecule has 6 aliphatic rings. The number of fused-ring (bicyclic) bond motifs is 7. The molecule has 0 radical (unpaired) electrons. The normalized spacial score (nSPS) is 61.7. The van der Waals surface area contributed by atoms with E-state index in [4.69, 9.17) is 14.2 Å². The first kappa shape index (κ1) is 22.3. The van der Waals surface area contributed by atoms with Crippen LogP contribution in [-0.4, -0.2) is 36.5 Å². The van der Waals surface area contributed by atoms with Crippen molar-refractivity contribution in [3.05, 3.63) is 0 Å². The van der Waals surface area contributed by atoms with E-state index >= 15 is 0 Å². The third-order valence-electron chi connectivity index (χ3n) is 12.2. The van der Waals surface area contributed by atoms with Crippen molar-refractivity contribution in [2.24, 2.45) is 52.3 Å². The minimum absolute atomic E-state index is 0.0651. The van der Waals surface area contributed by atoms with E-state index in [0.29, 0.717) is 35.0 Å². The molecule has 6 fully saturated rings. The van der Waals surface area contributed by atoms with Crippen molar-refractivity contribution >= 4 is 0 Å². The highest BCUT2D eigenvalue weighted by atomic mass is 16.8. The molecule has 0 aromatic heterocycles. The largest absolute Gasteiger partial charge is 0.393 e. The minimum atomic E-state index is -0.477. The Bertz CT molecular complexity index is 746. The van der Waals surface area contributed by atoms with Gasteiger partial charge in [0.05, 0.1) is 12.7 Å². The van der Waals surface area contributed by atoms with E-state index in [9.17, 15) is 5.11 Å². The lowest BCUT2D eigenvalue weighted by molar-refractivity contribution is -0.337. The molecular weight excluding hydrogens is 400 g/mol. The van der Waals surface area contributed by atoms with Gasteiger partial charge in [-0.3, -0.25) is 0 Å². The van der Waals surface area contributed by atoms with Crippen LogP contribution in [0.5, 0.6) is 0 Å². The van der Waals surface area contributed by atoms with E-state index in [1.807, 2.05) is 7.11 Å². The van der Waals surface area contributed by atoms with Crippen LogP contribution in [0, 0.1) is 52.3 Å². The summed E-state index contributed by atoms with van der Waals surface area (Å²) < 4.78 is 19.9. The minimum Gasteiger partial charge on any atom is -0.393 e. The molecule has 0 aromatic carbocycles. The Hall–Kier alpha value is -0.160. The maximum atomic E-state index is 10.3. The van der Waals surface area contributed by atoms with Gasteiger partial charge >= 0.3 is 0 Å². The third-order valence-corrected chi connectivity index (χ3v) is 12.2. The van der Waals surface area contributed by atoms with E-state index in [1.165, 1.54) is 38.5 Å². The van der Waals surface area contributed by atoms with E-state index in [-0.39, 0.29) is 11.5 Å². The summed E-state index contributed by atoms with van der Waals surface area (Å²) in [6, 6.07) is 0. The van der Waals surface area contributed by atoms with Gasteiger partial charge in [0.15, 0.2) is 11.6 Å². The van der Waals surface area contributed by atoms with Crippen LogP contribution in [0.4, 0.5) is 0 Å². The zero-order valence-corrected chi connectivity index (χ0v) is 21.1. The number of hydrogen-bond donors (Lipinski definition) is 1. The van der Waals surface area contributed by atoms with Gasteiger partial charge in [-0.1, -0.05) is 27.7 Å². The Labute approximate surface area is 195 Å². The number of ether oxygens (including phenoxy) is 3. The van der Waals surface area contributed by atoms with Gasteiger partial charge in [0, 0.05) is 31.8 Å². The maximum absolute atomic E-state index is 10.3. The molecule has 1 N–H and O–H groups in total. The molecule has 0 amide bonds. The smallest absolute Gasteiger partial charge is 0.175 e. The molecule has 6 rings (SSSR count). The summed E-state index contributed by atoms with van der Waals surface area (Å²) in [4.78, 5) is 0. The summed E-state index contributed by atoms with van der Waals surface area (Å²) >= 11 is 0. The Balaban J connectivity index is 1.32. The number of hydrogen-bond acceptors (Lipinski definition) is 4. The van der Waals surface area contributed by atoms with Crippen molar-refractivity contribution in [3.63, 3.8) is 0 Å². The molecule has 4 saturated carbocycles. The number of aliphatic hydroxyl groups is 1. The predicted octanol–water partition coefficient (Wildman–Crippen LogP) is 5.77. The van der Waals surface area contributed by atoms with E-state index in [0.717, 1.165) is 44.1 Å². The molecule has 0 unspecified atom stereocenters. The number of methoxy groups -OCH3 is 1. The van der Waals surface area contributed by atoms with Gasteiger partial charge < -0.3 is 19.3 Å².